The Kier molecular flexibility index (Phi) is 7.92. The second-order valence-electron chi connectivity index (χ2n) is 9.88. The fourth-order valence-electron chi connectivity index (χ4n) is 5.11. The summed E-state index contributed by atoms with van der Waals surface area (Å²) in [4.78, 5) is 15.6. The van der Waals surface area contributed by atoms with Crippen LogP contribution in [-0.4, -0.2) is 84.6 Å². The molecule has 0 aliphatic carbocycles. The van der Waals surface area contributed by atoms with Crippen LogP contribution in [0.1, 0.15) is 46.6 Å². The first-order chi connectivity index (χ1) is 18.8. The fraction of sp³-hybridized carbons (Fsp3) is 0.429. The number of carbonyl (C=O) groups excluding carboxylic acids is 1. The van der Waals surface area contributed by atoms with Crippen LogP contribution in [0.4, 0.5) is 0 Å². The van der Waals surface area contributed by atoms with Crippen molar-refractivity contribution in [3.63, 3.8) is 0 Å². The first kappa shape index (κ1) is 27.2. The molecule has 3 aromatic rings. The van der Waals surface area contributed by atoms with Crippen LogP contribution in [0.25, 0.3) is 0 Å². The molecule has 1 atom stereocenters. The number of amides is 1. The number of hydrogen-bond acceptors (Lipinski definition) is 6. The molecule has 0 N–H and O–H groups in total. The molecule has 10 nitrogen and oxygen atoms in total. The second kappa shape index (κ2) is 11.4. The molecule has 208 valence electrons. The van der Waals surface area contributed by atoms with E-state index in [4.69, 9.17) is 9.47 Å². The minimum absolute atomic E-state index is 0.110. The third-order valence-corrected chi connectivity index (χ3v) is 9.12. The van der Waals surface area contributed by atoms with E-state index in [1.165, 1.54) is 22.7 Å². The number of aromatic nitrogens is 2. The average Bonchev–Trinajstić information content (AvgIpc) is 3.42. The van der Waals surface area contributed by atoms with Crippen molar-refractivity contribution in [3.05, 3.63) is 77.1 Å². The van der Waals surface area contributed by atoms with Gasteiger partial charge in [0.2, 0.25) is 0 Å². The Labute approximate surface area is 229 Å². The number of rotatable bonds is 4. The third kappa shape index (κ3) is 5.66. The molecule has 3 aliphatic rings. The van der Waals surface area contributed by atoms with Crippen molar-refractivity contribution >= 4 is 16.1 Å². The van der Waals surface area contributed by atoms with Crippen molar-refractivity contribution < 1.29 is 22.7 Å². The molecule has 0 radical (unpaired) electrons. The largest absolute Gasteiger partial charge is 0.494 e. The van der Waals surface area contributed by atoms with E-state index in [9.17, 15) is 13.2 Å². The minimum atomic E-state index is -3.60. The van der Waals surface area contributed by atoms with Crippen molar-refractivity contribution in [2.45, 2.75) is 32.4 Å². The maximum absolute atomic E-state index is 13.7. The Hall–Kier alpha value is -3.41. The van der Waals surface area contributed by atoms with E-state index in [1.807, 2.05) is 60.5 Å². The Morgan fingerprint density at radius 2 is 1.82 bits per heavy atom. The number of hydrogen-bond donors (Lipinski definition) is 0. The molecule has 3 aliphatic heterocycles. The topological polar surface area (TPSA) is 97.2 Å². The molecule has 1 unspecified atom stereocenters. The summed E-state index contributed by atoms with van der Waals surface area (Å²) in [5.74, 6) is 1.25. The van der Waals surface area contributed by atoms with Gasteiger partial charge in [-0.1, -0.05) is 18.2 Å². The summed E-state index contributed by atoms with van der Waals surface area (Å²) in [6.07, 6.45) is 3.01. The van der Waals surface area contributed by atoms with Crippen LogP contribution in [0.2, 0.25) is 0 Å². The maximum atomic E-state index is 13.7. The van der Waals surface area contributed by atoms with Crippen LogP contribution in [0.3, 0.4) is 0 Å². The summed E-state index contributed by atoms with van der Waals surface area (Å²) in [5.41, 5.74) is 3.49. The molecule has 2 aromatic carbocycles. The van der Waals surface area contributed by atoms with Gasteiger partial charge in [-0.3, -0.25) is 9.48 Å². The van der Waals surface area contributed by atoms with Crippen LogP contribution < -0.4 is 9.47 Å². The highest BCUT2D eigenvalue weighted by molar-refractivity contribution is 7.86. The van der Waals surface area contributed by atoms with E-state index in [0.717, 1.165) is 16.7 Å². The average molecular weight is 554 g/mol. The number of ether oxygens (including phenoxy) is 2. The Balaban J connectivity index is 1.51. The van der Waals surface area contributed by atoms with E-state index in [0.29, 0.717) is 56.3 Å². The summed E-state index contributed by atoms with van der Waals surface area (Å²) in [5, 5.41) is 4.47. The highest BCUT2D eigenvalue weighted by Crippen LogP contribution is 2.38. The van der Waals surface area contributed by atoms with Gasteiger partial charge in [0, 0.05) is 46.5 Å². The molecule has 0 saturated heterocycles. The zero-order valence-electron chi connectivity index (χ0n) is 22.6. The van der Waals surface area contributed by atoms with Crippen LogP contribution >= 0.6 is 0 Å². The Morgan fingerprint density at radius 3 is 2.59 bits per heavy atom. The summed E-state index contributed by atoms with van der Waals surface area (Å²) >= 11 is 0. The highest BCUT2D eigenvalue weighted by atomic mass is 32.2. The van der Waals surface area contributed by atoms with Gasteiger partial charge in [0.1, 0.15) is 23.8 Å². The predicted molar refractivity (Wildman–Crippen MR) is 147 cm³/mol. The van der Waals surface area contributed by atoms with Gasteiger partial charge in [-0.2, -0.15) is 22.1 Å². The van der Waals surface area contributed by atoms with Crippen molar-refractivity contribution in [3.8, 4) is 11.5 Å². The van der Waals surface area contributed by atoms with Gasteiger partial charge >= 0.3 is 0 Å². The van der Waals surface area contributed by atoms with Gasteiger partial charge in [0.25, 0.3) is 16.1 Å². The lowest BCUT2D eigenvalue weighted by atomic mass is 9.87. The summed E-state index contributed by atoms with van der Waals surface area (Å²) in [6.45, 7) is 4.32. The normalized spacial score (nSPS) is 18.6. The van der Waals surface area contributed by atoms with E-state index in [2.05, 4.69) is 5.10 Å². The smallest absolute Gasteiger partial charge is 0.281 e. The molecule has 6 rings (SSSR count). The molecule has 0 saturated carbocycles. The Bertz CT molecular complexity index is 1440. The predicted octanol–water partition coefficient (Wildman–Crippen LogP) is 2.96. The molecule has 0 spiro atoms. The number of benzene rings is 2. The van der Waals surface area contributed by atoms with Crippen LogP contribution in [-0.2, 0) is 23.2 Å². The molecule has 11 heteroatoms. The second-order valence-corrected chi connectivity index (χ2v) is 12.0. The standard InChI is InChI=1S/C28H35N5O5S/c1-4-31-14-12-26(29-31)28(34)33-15-11-21-19-24-9-10-25(21)27(33)22-7-5-8-23(20-22)37-17-6-13-32(16-18-38-24)39(35,36)30(2)3/h5,7-10,12,14,19-20,27H,4,6,11,13,15-18H2,1-3H3. The quantitative estimate of drug-likeness (QED) is 0.493. The molecule has 0 fully saturated rings. The van der Waals surface area contributed by atoms with Gasteiger partial charge in [0.05, 0.1) is 12.6 Å². The number of nitrogens with zero attached hydrogens (tertiary/aromatic N) is 5. The molecular formula is C28H35N5O5S. The highest BCUT2D eigenvalue weighted by Gasteiger charge is 2.34. The third-order valence-electron chi connectivity index (χ3n) is 7.18. The lowest BCUT2D eigenvalue weighted by molar-refractivity contribution is 0.0687. The van der Waals surface area contributed by atoms with Crippen LogP contribution in [0.5, 0.6) is 11.5 Å². The Morgan fingerprint density at radius 1 is 1.03 bits per heavy atom. The van der Waals surface area contributed by atoms with Gasteiger partial charge in [0.15, 0.2) is 0 Å². The lowest BCUT2D eigenvalue weighted by Gasteiger charge is -2.37. The maximum Gasteiger partial charge on any atom is 0.281 e. The van der Waals surface area contributed by atoms with E-state index in [1.54, 1.807) is 10.7 Å². The SMILES string of the molecule is CCn1ccc(C(=O)N2CCc3cc4ccc3C2c2cccc(c2)OCCCN(S(=O)(=O)N(C)C)CCO4)n1. The summed E-state index contributed by atoms with van der Waals surface area (Å²) in [6, 6.07) is 15.2. The zero-order valence-corrected chi connectivity index (χ0v) is 23.4. The number of carbonyl (C=O) groups is 1. The van der Waals surface area contributed by atoms with Crippen LogP contribution in [0.15, 0.2) is 54.7 Å². The first-order valence-electron chi connectivity index (χ1n) is 13.3. The molecule has 39 heavy (non-hydrogen) atoms. The van der Waals surface area contributed by atoms with E-state index < -0.39 is 10.2 Å². The van der Waals surface area contributed by atoms with Gasteiger partial charge in [-0.05, 0) is 66.8 Å². The van der Waals surface area contributed by atoms with Crippen molar-refractivity contribution in [2.24, 2.45) is 0 Å². The van der Waals surface area contributed by atoms with Gasteiger partial charge < -0.3 is 14.4 Å². The van der Waals surface area contributed by atoms with Crippen LogP contribution in [0, 0.1) is 0 Å². The summed E-state index contributed by atoms with van der Waals surface area (Å²) in [7, 11) is -0.541. The summed E-state index contributed by atoms with van der Waals surface area (Å²) < 4.78 is 42.2. The monoisotopic (exact) mass is 553 g/mol. The first-order valence-corrected chi connectivity index (χ1v) is 14.7. The number of fused-ring (bicyclic) bond motifs is 8. The number of aryl methyl sites for hydroxylation is 1. The minimum Gasteiger partial charge on any atom is -0.494 e. The fourth-order valence-corrected chi connectivity index (χ4v) is 6.24. The molecular weight excluding hydrogens is 518 g/mol. The molecule has 1 aromatic heterocycles. The lowest BCUT2D eigenvalue weighted by Crippen LogP contribution is -2.43. The van der Waals surface area contributed by atoms with Crippen molar-refractivity contribution in [1.29, 1.82) is 0 Å². The van der Waals surface area contributed by atoms with Crippen molar-refractivity contribution in [1.82, 2.24) is 23.3 Å². The van der Waals surface area contributed by atoms with Gasteiger partial charge in [-0.15, -0.1) is 0 Å². The van der Waals surface area contributed by atoms with Gasteiger partial charge in [-0.25, -0.2) is 0 Å². The van der Waals surface area contributed by atoms with E-state index >= 15 is 0 Å². The van der Waals surface area contributed by atoms with Crippen molar-refractivity contribution in [2.75, 3.05) is 46.9 Å². The molecule has 6 bridgehead atoms. The zero-order chi connectivity index (χ0) is 27.6. The molecule has 4 heterocycles. The van der Waals surface area contributed by atoms with E-state index in [-0.39, 0.29) is 25.1 Å². The molecule has 1 amide bonds.